The molecule has 1 aromatic heterocycles. The standard InChI is InChI=1S/C17H15Br2NS/c1-2-20-16(14-10-12(18)6-7-15(14)19)13-5-3-4-11-8-9-21-17(11)13/h3-10,16,20H,2H2,1H3. The predicted molar refractivity (Wildman–Crippen MR) is 99.2 cm³/mol. The molecule has 2 aromatic carbocycles. The van der Waals surface area contributed by atoms with Crippen LogP contribution in [0.4, 0.5) is 0 Å². The van der Waals surface area contributed by atoms with Gasteiger partial charge in [-0.2, -0.15) is 0 Å². The van der Waals surface area contributed by atoms with Crippen LogP contribution in [0.1, 0.15) is 24.1 Å². The van der Waals surface area contributed by atoms with Crippen molar-refractivity contribution in [1.29, 1.82) is 0 Å². The van der Waals surface area contributed by atoms with E-state index >= 15 is 0 Å². The summed E-state index contributed by atoms with van der Waals surface area (Å²) in [5.74, 6) is 0. The van der Waals surface area contributed by atoms with E-state index in [9.17, 15) is 0 Å². The lowest BCUT2D eigenvalue weighted by molar-refractivity contribution is 0.632. The van der Waals surface area contributed by atoms with Crippen LogP contribution >= 0.6 is 43.2 Å². The Kier molecular flexibility index (Phi) is 4.79. The molecule has 1 atom stereocenters. The highest BCUT2D eigenvalue weighted by atomic mass is 79.9. The van der Waals surface area contributed by atoms with Gasteiger partial charge < -0.3 is 5.32 Å². The maximum atomic E-state index is 3.70. The van der Waals surface area contributed by atoms with Crippen molar-refractivity contribution in [3.05, 3.63) is 67.9 Å². The Balaban J connectivity index is 2.18. The lowest BCUT2D eigenvalue weighted by Gasteiger charge is -2.21. The normalized spacial score (nSPS) is 12.7. The van der Waals surface area contributed by atoms with Gasteiger partial charge in [-0.05, 0) is 52.7 Å². The quantitative estimate of drug-likeness (QED) is 0.531. The van der Waals surface area contributed by atoms with Gasteiger partial charge in [0.25, 0.3) is 0 Å². The highest BCUT2D eigenvalue weighted by molar-refractivity contribution is 9.11. The van der Waals surface area contributed by atoms with Crippen molar-refractivity contribution in [2.24, 2.45) is 0 Å². The summed E-state index contributed by atoms with van der Waals surface area (Å²) in [5, 5.41) is 7.09. The third-order valence-electron chi connectivity index (χ3n) is 3.50. The Bertz CT molecular complexity index is 766. The first kappa shape index (κ1) is 15.2. The fourth-order valence-corrected chi connectivity index (χ4v) is 4.37. The minimum Gasteiger partial charge on any atom is -0.306 e. The summed E-state index contributed by atoms with van der Waals surface area (Å²) in [6, 6.07) is 15.2. The Hall–Kier alpha value is -0.680. The van der Waals surface area contributed by atoms with Crippen LogP contribution < -0.4 is 5.32 Å². The highest BCUT2D eigenvalue weighted by Gasteiger charge is 2.19. The second-order valence-electron chi connectivity index (χ2n) is 4.84. The molecule has 0 amide bonds. The van der Waals surface area contributed by atoms with Crippen LogP contribution in [0.15, 0.2) is 56.8 Å². The van der Waals surface area contributed by atoms with Gasteiger partial charge in [-0.25, -0.2) is 0 Å². The molecule has 3 aromatic rings. The Morgan fingerprint density at radius 1 is 1.10 bits per heavy atom. The van der Waals surface area contributed by atoms with Crippen LogP contribution in [0.3, 0.4) is 0 Å². The summed E-state index contributed by atoms with van der Waals surface area (Å²) < 4.78 is 3.59. The molecule has 0 aliphatic heterocycles. The van der Waals surface area contributed by atoms with E-state index in [0.29, 0.717) is 0 Å². The third-order valence-corrected chi connectivity index (χ3v) is 5.69. The van der Waals surface area contributed by atoms with Gasteiger partial charge >= 0.3 is 0 Å². The van der Waals surface area contributed by atoms with Crippen LogP contribution in [-0.2, 0) is 0 Å². The number of hydrogen-bond acceptors (Lipinski definition) is 2. The molecule has 21 heavy (non-hydrogen) atoms. The van der Waals surface area contributed by atoms with Gasteiger partial charge in [0, 0.05) is 13.6 Å². The molecule has 0 bridgehead atoms. The van der Waals surface area contributed by atoms with E-state index in [1.165, 1.54) is 21.2 Å². The lowest BCUT2D eigenvalue weighted by atomic mass is 9.97. The third kappa shape index (κ3) is 3.09. The fraction of sp³-hybridized carbons (Fsp3) is 0.176. The van der Waals surface area contributed by atoms with Gasteiger partial charge in [0.05, 0.1) is 6.04 Å². The van der Waals surface area contributed by atoms with E-state index in [1.54, 1.807) is 11.3 Å². The average molecular weight is 425 g/mol. The molecule has 0 spiro atoms. The zero-order valence-corrected chi connectivity index (χ0v) is 15.6. The number of halogens is 2. The topological polar surface area (TPSA) is 12.0 Å². The number of thiophene rings is 1. The van der Waals surface area contributed by atoms with Crippen LogP contribution in [-0.4, -0.2) is 6.54 Å². The van der Waals surface area contributed by atoms with E-state index in [0.717, 1.165) is 15.5 Å². The Morgan fingerprint density at radius 2 is 1.95 bits per heavy atom. The maximum absolute atomic E-state index is 3.70. The number of nitrogens with one attached hydrogen (secondary N) is 1. The van der Waals surface area contributed by atoms with Gasteiger partial charge in [0.1, 0.15) is 0 Å². The summed E-state index contributed by atoms with van der Waals surface area (Å²) in [6.07, 6.45) is 0. The first-order chi connectivity index (χ1) is 10.2. The van der Waals surface area contributed by atoms with Crippen LogP contribution in [0.25, 0.3) is 10.1 Å². The maximum Gasteiger partial charge on any atom is 0.0602 e. The first-order valence-electron chi connectivity index (χ1n) is 6.85. The van der Waals surface area contributed by atoms with Gasteiger partial charge in [0.15, 0.2) is 0 Å². The van der Waals surface area contributed by atoms with E-state index < -0.39 is 0 Å². The smallest absolute Gasteiger partial charge is 0.0602 e. The number of fused-ring (bicyclic) bond motifs is 1. The summed E-state index contributed by atoms with van der Waals surface area (Å²) in [4.78, 5) is 0. The lowest BCUT2D eigenvalue weighted by Crippen LogP contribution is -2.22. The summed E-state index contributed by atoms with van der Waals surface area (Å²) in [5.41, 5.74) is 2.59. The molecule has 0 saturated heterocycles. The first-order valence-corrected chi connectivity index (χ1v) is 9.31. The van der Waals surface area contributed by atoms with Crippen LogP contribution in [0.5, 0.6) is 0 Å². The molecule has 0 aliphatic rings. The molecule has 0 radical (unpaired) electrons. The molecule has 1 nitrogen and oxygen atoms in total. The minimum absolute atomic E-state index is 0.184. The fourth-order valence-electron chi connectivity index (χ4n) is 2.57. The summed E-state index contributed by atoms with van der Waals surface area (Å²) in [7, 11) is 0. The van der Waals surface area contributed by atoms with Crippen molar-refractivity contribution in [1.82, 2.24) is 5.32 Å². The van der Waals surface area contributed by atoms with Crippen molar-refractivity contribution in [2.75, 3.05) is 6.54 Å². The van der Waals surface area contributed by atoms with Crippen molar-refractivity contribution >= 4 is 53.3 Å². The largest absolute Gasteiger partial charge is 0.306 e. The number of rotatable bonds is 4. The van der Waals surface area contributed by atoms with Gasteiger partial charge in [0.2, 0.25) is 0 Å². The van der Waals surface area contributed by atoms with E-state index in [1.807, 2.05) is 0 Å². The van der Waals surface area contributed by atoms with Gasteiger partial charge in [-0.3, -0.25) is 0 Å². The molecule has 1 heterocycles. The predicted octanol–water partition coefficient (Wildman–Crippen LogP) is 6.13. The zero-order valence-electron chi connectivity index (χ0n) is 11.6. The molecular formula is C17H15Br2NS. The molecular weight excluding hydrogens is 410 g/mol. The SMILES string of the molecule is CCNC(c1cc(Br)ccc1Br)c1cccc2ccsc12. The number of hydrogen-bond donors (Lipinski definition) is 1. The second kappa shape index (κ2) is 6.61. The molecule has 0 saturated carbocycles. The minimum atomic E-state index is 0.184. The average Bonchev–Trinajstić information content (AvgIpc) is 2.96. The molecule has 3 rings (SSSR count). The molecule has 1 unspecified atom stereocenters. The molecule has 0 aliphatic carbocycles. The summed E-state index contributed by atoms with van der Waals surface area (Å²) in [6.45, 7) is 3.07. The molecule has 108 valence electrons. The van der Waals surface area contributed by atoms with Crippen molar-refractivity contribution < 1.29 is 0 Å². The van der Waals surface area contributed by atoms with Gasteiger partial charge in [-0.15, -0.1) is 11.3 Å². The summed E-state index contributed by atoms with van der Waals surface area (Å²) >= 11 is 9.09. The number of benzene rings is 2. The van der Waals surface area contributed by atoms with E-state index in [4.69, 9.17) is 0 Å². The molecule has 1 N–H and O–H groups in total. The van der Waals surface area contributed by atoms with Gasteiger partial charge in [-0.1, -0.05) is 57.0 Å². The Morgan fingerprint density at radius 3 is 2.76 bits per heavy atom. The Labute approximate surface area is 145 Å². The monoisotopic (exact) mass is 423 g/mol. The van der Waals surface area contributed by atoms with Crippen LogP contribution in [0, 0.1) is 0 Å². The van der Waals surface area contributed by atoms with E-state index in [-0.39, 0.29) is 6.04 Å². The van der Waals surface area contributed by atoms with Crippen LogP contribution in [0.2, 0.25) is 0 Å². The van der Waals surface area contributed by atoms with Crippen molar-refractivity contribution in [3.63, 3.8) is 0 Å². The van der Waals surface area contributed by atoms with Crippen molar-refractivity contribution in [2.45, 2.75) is 13.0 Å². The zero-order chi connectivity index (χ0) is 14.8. The molecule has 4 heteroatoms. The van der Waals surface area contributed by atoms with E-state index in [2.05, 4.69) is 91.9 Å². The van der Waals surface area contributed by atoms with Crippen molar-refractivity contribution in [3.8, 4) is 0 Å². The second-order valence-corrected chi connectivity index (χ2v) is 7.53. The highest BCUT2D eigenvalue weighted by Crippen LogP contribution is 2.36. The molecule has 0 fully saturated rings.